The van der Waals surface area contributed by atoms with Gasteiger partial charge in [-0.2, -0.15) is 0 Å². The van der Waals surface area contributed by atoms with Crippen molar-refractivity contribution in [1.82, 2.24) is 10.3 Å². The monoisotopic (exact) mass is 370 g/mol. The number of amides is 1. The molecular weight excluding hydrogens is 352 g/mol. The van der Waals surface area contributed by atoms with Crippen LogP contribution in [0.15, 0.2) is 46.6 Å². The summed E-state index contributed by atoms with van der Waals surface area (Å²) < 4.78 is 22.9. The Hall–Kier alpha value is -2.67. The maximum Gasteiger partial charge on any atom is 0.261 e. The number of aromatic amines is 1. The van der Waals surface area contributed by atoms with E-state index in [0.29, 0.717) is 5.52 Å². The van der Waals surface area contributed by atoms with Crippen molar-refractivity contribution in [3.8, 4) is 0 Å². The van der Waals surface area contributed by atoms with Gasteiger partial charge in [0.15, 0.2) is 9.84 Å². The molecule has 0 fully saturated rings. The number of carbonyl (C=O) groups excluding carboxylic acids is 1. The number of fused-ring (bicyclic) bond motifs is 1. The number of rotatable bonds is 3. The van der Waals surface area contributed by atoms with Crippen molar-refractivity contribution >= 4 is 32.2 Å². The zero-order valence-corrected chi connectivity index (χ0v) is 14.8. The van der Waals surface area contributed by atoms with Crippen LogP contribution < -0.4 is 10.9 Å². The summed E-state index contributed by atoms with van der Waals surface area (Å²) in [7, 11) is -3.27. The Labute approximate surface area is 150 Å². The largest absolute Gasteiger partial charge is 0.345 e. The number of benzene rings is 1. The van der Waals surface area contributed by atoms with Crippen molar-refractivity contribution < 1.29 is 13.2 Å². The summed E-state index contributed by atoms with van der Waals surface area (Å²) >= 11 is 0. The Morgan fingerprint density at radius 1 is 1.23 bits per heavy atom. The molecule has 1 aliphatic carbocycles. The number of sulfone groups is 1. The van der Waals surface area contributed by atoms with Crippen LogP contribution in [0.3, 0.4) is 0 Å². The molecule has 0 bridgehead atoms. The molecule has 2 aromatic rings. The summed E-state index contributed by atoms with van der Waals surface area (Å²) in [6.07, 6.45) is 6.89. The second-order valence-corrected chi connectivity index (χ2v) is 8.60. The second kappa shape index (κ2) is 6.25. The molecule has 1 aromatic heterocycles. The van der Waals surface area contributed by atoms with E-state index in [2.05, 4.69) is 16.4 Å². The first kappa shape index (κ1) is 16.8. The molecule has 134 valence electrons. The van der Waals surface area contributed by atoms with Crippen molar-refractivity contribution in [3.63, 3.8) is 0 Å². The Bertz CT molecular complexity index is 1130. The maximum absolute atomic E-state index is 12.4. The molecule has 0 spiro atoms. The van der Waals surface area contributed by atoms with E-state index in [4.69, 9.17) is 0 Å². The molecule has 4 rings (SSSR count). The Morgan fingerprint density at radius 2 is 2.08 bits per heavy atom. The van der Waals surface area contributed by atoms with E-state index in [0.717, 1.165) is 35.6 Å². The third-order valence-electron chi connectivity index (χ3n) is 4.75. The fourth-order valence-electron chi connectivity index (χ4n) is 3.41. The highest BCUT2D eigenvalue weighted by atomic mass is 32.2. The van der Waals surface area contributed by atoms with Crippen LogP contribution in [0, 0.1) is 0 Å². The van der Waals surface area contributed by atoms with Gasteiger partial charge in [-0.15, -0.1) is 0 Å². The number of H-pyrrole nitrogens is 1. The zero-order chi connectivity index (χ0) is 18.3. The predicted octanol–water partition coefficient (Wildman–Crippen LogP) is 2.14. The Balaban J connectivity index is 1.63. The molecule has 1 aliphatic heterocycles. The van der Waals surface area contributed by atoms with Gasteiger partial charge in [-0.05, 0) is 54.0 Å². The minimum absolute atomic E-state index is 0.0250. The number of pyridine rings is 1. The van der Waals surface area contributed by atoms with Crippen molar-refractivity contribution in [3.05, 3.63) is 63.3 Å². The standard InChI is InChI=1S/C19H18N2O4S/c22-18(20-15-7-8-26(24,25)11-15)16-9-14-6-5-13(12-3-1-2-4-12)10-17(14)21-19(16)23/h3,5-10,15H,1-2,4,11H2,(H,20,22)(H,21,23). The maximum atomic E-state index is 12.4. The van der Waals surface area contributed by atoms with Gasteiger partial charge in [0.05, 0.1) is 11.8 Å². The first-order valence-electron chi connectivity index (χ1n) is 8.50. The lowest BCUT2D eigenvalue weighted by molar-refractivity contribution is 0.0946. The molecule has 1 atom stereocenters. The predicted molar refractivity (Wildman–Crippen MR) is 101 cm³/mol. The molecule has 1 aromatic carbocycles. The molecule has 0 radical (unpaired) electrons. The SMILES string of the molecule is O=C(NC1C=CS(=O)(=O)C1)c1cc2ccc(C3=CCCC3)cc2[nH]c1=O. The molecule has 2 aliphatic rings. The first-order chi connectivity index (χ1) is 12.4. The van der Waals surface area contributed by atoms with Gasteiger partial charge in [0.1, 0.15) is 5.56 Å². The summed E-state index contributed by atoms with van der Waals surface area (Å²) in [6.45, 7) is 0. The highest BCUT2D eigenvalue weighted by Gasteiger charge is 2.24. The minimum atomic E-state index is -3.27. The molecule has 7 heteroatoms. The van der Waals surface area contributed by atoms with Crippen LogP contribution in [0.1, 0.15) is 35.2 Å². The summed E-state index contributed by atoms with van der Waals surface area (Å²) in [4.78, 5) is 27.5. The third-order valence-corrected chi connectivity index (χ3v) is 6.14. The van der Waals surface area contributed by atoms with E-state index < -0.39 is 27.3 Å². The van der Waals surface area contributed by atoms with Gasteiger partial charge in [0.25, 0.3) is 11.5 Å². The summed E-state index contributed by atoms with van der Waals surface area (Å²) in [5.41, 5.74) is 2.54. The molecule has 2 N–H and O–H groups in total. The van der Waals surface area contributed by atoms with Crippen LogP contribution >= 0.6 is 0 Å². The summed E-state index contributed by atoms with van der Waals surface area (Å²) in [6, 6.07) is 6.74. The summed E-state index contributed by atoms with van der Waals surface area (Å²) in [5.74, 6) is -0.759. The van der Waals surface area contributed by atoms with E-state index >= 15 is 0 Å². The van der Waals surface area contributed by atoms with Crippen LogP contribution in [0.2, 0.25) is 0 Å². The lowest BCUT2D eigenvalue weighted by Gasteiger charge is -2.10. The highest BCUT2D eigenvalue weighted by molar-refractivity contribution is 7.94. The number of hydrogen-bond donors (Lipinski definition) is 2. The van der Waals surface area contributed by atoms with Gasteiger partial charge in [0.2, 0.25) is 0 Å². The molecule has 6 nitrogen and oxygen atoms in total. The molecule has 1 unspecified atom stereocenters. The first-order valence-corrected chi connectivity index (χ1v) is 10.2. The van der Waals surface area contributed by atoms with E-state index in [1.807, 2.05) is 18.2 Å². The zero-order valence-electron chi connectivity index (χ0n) is 14.0. The number of nitrogens with one attached hydrogen (secondary N) is 2. The topological polar surface area (TPSA) is 96.1 Å². The smallest absolute Gasteiger partial charge is 0.261 e. The minimum Gasteiger partial charge on any atom is -0.345 e. The fourth-order valence-corrected chi connectivity index (χ4v) is 4.65. The lowest BCUT2D eigenvalue weighted by atomic mass is 10.0. The normalized spacial score (nSPS) is 21.1. The quantitative estimate of drug-likeness (QED) is 0.865. The van der Waals surface area contributed by atoms with Gasteiger partial charge in [0, 0.05) is 10.9 Å². The average molecular weight is 370 g/mol. The van der Waals surface area contributed by atoms with Gasteiger partial charge in [-0.25, -0.2) is 8.42 Å². The average Bonchev–Trinajstić information content (AvgIpc) is 3.23. The van der Waals surface area contributed by atoms with Crippen molar-refractivity contribution in [2.45, 2.75) is 25.3 Å². The van der Waals surface area contributed by atoms with E-state index in [9.17, 15) is 18.0 Å². The van der Waals surface area contributed by atoms with E-state index in [1.54, 1.807) is 6.07 Å². The van der Waals surface area contributed by atoms with Crippen LogP contribution in [-0.4, -0.2) is 31.1 Å². The molecule has 1 amide bonds. The second-order valence-electron chi connectivity index (χ2n) is 6.67. The van der Waals surface area contributed by atoms with Gasteiger partial charge >= 0.3 is 0 Å². The fraction of sp³-hybridized carbons (Fsp3) is 0.263. The van der Waals surface area contributed by atoms with Crippen LogP contribution in [0.4, 0.5) is 0 Å². The van der Waals surface area contributed by atoms with Crippen molar-refractivity contribution in [1.29, 1.82) is 0 Å². The number of hydrogen-bond acceptors (Lipinski definition) is 4. The number of carbonyl (C=O) groups is 1. The van der Waals surface area contributed by atoms with Gasteiger partial charge < -0.3 is 10.3 Å². The Kier molecular flexibility index (Phi) is 4.03. The number of allylic oxidation sites excluding steroid dienone is 2. The van der Waals surface area contributed by atoms with E-state index in [-0.39, 0.29) is 11.3 Å². The molecular formula is C19H18N2O4S. The molecule has 0 saturated heterocycles. The van der Waals surface area contributed by atoms with Crippen molar-refractivity contribution in [2.75, 3.05) is 5.75 Å². The van der Waals surface area contributed by atoms with Crippen molar-refractivity contribution in [2.24, 2.45) is 0 Å². The number of aromatic nitrogens is 1. The summed E-state index contributed by atoms with van der Waals surface area (Å²) in [5, 5.41) is 4.42. The Morgan fingerprint density at radius 3 is 2.77 bits per heavy atom. The molecule has 0 saturated carbocycles. The van der Waals surface area contributed by atoms with Crippen LogP contribution in [0.5, 0.6) is 0 Å². The molecule has 26 heavy (non-hydrogen) atoms. The highest BCUT2D eigenvalue weighted by Crippen LogP contribution is 2.29. The third kappa shape index (κ3) is 3.22. The van der Waals surface area contributed by atoms with Crippen LogP contribution in [-0.2, 0) is 9.84 Å². The molecule has 2 heterocycles. The van der Waals surface area contributed by atoms with E-state index in [1.165, 1.54) is 11.6 Å². The lowest BCUT2D eigenvalue weighted by Crippen LogP contribution is -2.38. The van der Waals surface area contributed by atoms with Crippen LogP contribution in [0.25, 0.3) is 16.5 Å². The van der Waals surface area contributed by atoms with Gasteiger partial charge in [-0.3, -0.25) is 9.59 Å². The van der Waals surface area contributed by atoms with Gasteiger partial charge in [-0.1, -0.05) is 18.2 Å².